The van der Waals surface area contributed by atoms with Crippen molar-refractivity contribution < 1.29 is 9.47 Å². The molecule has 0 aromatic carbocycles. The molecule has 0 spiro atoms. The summed E-state index contributed by atoms with van der Waals surface area (Å²) in [6.45, 7) is 4.96. The van der Waals surface area contributed by atoms with E-state index < -0.39 is 0 Å². The van der Waals surface area contributed by atoms with Gasteiger partial charge in [0.2, 0.25) is 0 Å². The van der Waals surface area contributed by atoms with Crippen molar-refractivity contribution in [2.75, 3.05) is 19.9 Å². The molecular formula is C10H16N2O2S. The molecule has 0 radical (unpaired) electrons. The second-order valence-corrected chi connectivity index (χ2v) is 4.65. The van der Waals surface area contributed by atoms with Crippen LogP contribution in [0.3, 0.4) is 0 Å². The highest BCUT2D eigenvalue weighted by atomic mass is 32.1. The third kappa shape index (κ3) is 3.53. The van der Waals surface area contributed by atoms with Crippen LogP contribution >= 0.6 is 11.3 Å². The molecule has 1 aromatic rings. The van der Waals surface area contributed by atoms with Crippen molar-refractivity contribution in [3.8, 4) is 0 Å². The number of thiazole rings is 1. The summed E-state index contributed by atoms with van der Waals surface area (Å²) < 4.78 is 10.5. The summed E-state index contributed by atoms with van der Waals surface area (Å²) in [5, 5.41) is 6.56. The molecule has 1 unspecified atom stereocenters. The van der Waals surface area contributed by atoms with Crippen molar-refractivity contribution in [3.05, 3.63) is 16.1 Å². The molecule has 0 saturated carbocycles. The fraction of sp³-hybridized carbons (Fsp3) is 0.700. The summed E-state index contributed by atoms with van der Waals surface area (Å²) in [6.07, 6.45) is 1.27. The van der Waals surface area contributed by atoms with Crippen LogP contribution in [-0.2, 0) is 16.0 Å². The largest absolute Gasteiger partial charge is 0.355 e. The maximum absolute atomic E-state index is 5.42. The number of rotatable bonds is 4. The van der Waals surface area contributed by atoms with Crippen LogP contribution in [0.25, 0.3) is 0 Å². The van der Waals surface area contributed by atoms with Gasteiger partial charge in [0, 0.05) is 18.5 Å². The number of aromatic nitrogens is 1. The normalized spacial score (nSPS) is 21.8. The van der Waals surface area contributed by atoms with Gasteiger partial charge < -0.3 is 14.8 Å². The monoisotopic (exact) mass is 228 g/mol. The third-order valence-corrected chi connectivity index (χ3v) is 3.14. The maximum Gasteiger partial charge on any atom is 0.147 e. The molecule has 5 heteroatoms. The van der Waals surface area contributed by atoms with Gasteiger partial charge in [0.25, 0.3) is 0 Å². The lowest BCUT2D eigenvalue weighted by atomic mass is 10.2. The minimum absolute atomic E-state index is 0.290. The number of nitrogens with one attached hydrogen (secondary N) is 1. The number of hydrogen-bond acceptors (Lipinski definition) is 5. The van der Waals surface area contributed by atoms with E-state index in [2.05, 4.69) is 15.7 Å². The highest BCUT2D eigenvalue weighted by Gasteiger charge is 2.13. The van der Waals surface area contributed by atoms with E-state index in [-0.39, 0.29) is 0 Å². The highest BCUT2D eigenvalue weighted by molar-refractivity contribution is 7.09. The van der Waals surface area contributed by atoms with E-state index in [1.807, 2.05) is 6.92 Å². The average molecular weight is 228 g/mol. The highest BCUT2D eigenvalue weighted by Crippen LogP contribution is 2.08. The van der Waals surface area contributed by atoms with Gasteiger partial charge in [-0.1, -0.05) is 0 Å². The van der Waals surface area contributed by atoms with Gasteiger partial charge in [-0.3, -0.25) is 0 Å². The molecule has 1 aromatic heterocycles. The fourth-order valence-electron chi connectivity index (χ4n) is 1.51. The number of ether oxygens (including phenoxy) is 2. The van der Waals surface area contributed by atoms with Gasteiger partial charge in [0.05, 0.1) is 23.4 Å². The average Bonchev–Trinajstić information content (AvgIpc) is 2.66. The Bertz CT molecular complexity index is 297. The zero-order valence-corrected chi connectivity index (χ0v) is 9.68. The van der Waals surface area contributed by atoms with Crippen molar-refractivity contribution in [2.45, 2.75) is 26.0 Å². The van der Waals surface area contributed by atoms with Gasteiger partial charge in [0.1, 0.15) is 6.79 Å². The minimum atomic E-state index is 0.290. The van der Waals surface area contributed by atoms with Crippen LogP contribution in [0.15, 0.2) is 5.38 Å². The summed E-state index contributed by atoms with van der Waals surface area (Å²) in [4.78, 5) is 4.38. The molecule has 0 amide bonds. The van der Waals surface area contributed by atoms with Crippen molar-refractivity contribution >= 4 is 11.3 Å². The van der Waals surface area contributed by atoms with Crippen LogP contribution in [0.4, 0.5) is 0 Å². The van der Waals surface area contributed by atoms with Crippen molar-refractivity contribution in [1.29, 1.82) is 0 Å². The van der Waals surface area contributed by atoms with E-state index in [1.54, 1.807) is 11.3 Å². The molecule has 0 bridgehead atoms. The molecule has 0 aliphatic carbocycles. The second-order valence-electron chi connectivity index (χ2n) is 3.59. The van der Waals surface area contributed by atoms with Gasteiger partial charge in [-0.05, 0) is 13.3 Å². The first-order valence-electron chi connectivity index (χ1n) is 5.15. The summed E-state index contributed by atoms with van der Waals surface area (Å²) >= 11 is 1.69. The maximum atomic E-state index is 5.42. The lowest BCUT2D eigenvalue weighted by Crippen LogP contribution is -2.33. The molecule has 1 aliphatic rings. The lowest BCUT2D eigenvalue weighted by molar-refractivity contribution is -0.137. The van der Waals surface area contributed by atoms with Crippen LogP contribution in [0.2, 0.25) is 0 Å². The Kier molecular flexibility index (Phi) is 4.08. The molecule has 2 heterocycles. The summed E-state index contributed by atoms with van der Waals surface area (Å²) in [7, 11) is 0. The summed E-state index contributed by atoms with van der Waals surface area (Å²) in [5.41, 5.74) is 1.12. The molecule has 2 rings (SSSR count). The van der Waals surface area contributed by atoms with Crippen LogP contribution in [0.1, 0.15) is 17.1 Å². The van der Waals surface area contributed by atoms with Crippen LogP contribution < -0.4 is 5.32 Å². The standard InChI is InChI=1S/C10H16N2O2S/c1-8-12-9(6-15-8)4-11-5-10-2-3-13-7-14-10/h6,10-11H,2-5,7H2,1H3. The molecule has 84 valence electrons. The zero-order chi connectivity index (χ0) is 10.5. The molecule has 1 atom stereocenters. The van der Waals surface area contributed by atoms with Crippen molar-refractivity contribution in [1.82, 2.24) is 10.3 Å². The van der Waals surface area contributed by atoms with E-state index in [0.717, 1.165) is 36.8 Å². The lowest BCUT2D eigenvalue weighted by Gasteiger charge is -2.22. The predicted molar refractivity (Wildman–Crippen MR) is 58.9 cm³/mol. The Labute approximate surface area is 93.6 Å². The molecule has 1 aliphatic heterocycles. The first-order chi connectivity index (χ1) is 7.34. The molecule has 4 nitrogen and oxygen atoms in total. The first kappa shape index (κ1) is 11.0. The van der Waals surface area contributed by atoms with Gasteiger partial charge in [-0.2, -0.15) is 0 Å². The molecule has 1 fully saturated rings. The zero-order valence-electron chi connectivity index (χ0n) is 8.86. The Morgan fingerprint density at radius 1 is 1.67 bits per heavy atom. The van der Waals surface area contributed by atoms with Crippen molar-refractivity contribution in [3.63, 3.8) is 0 Å². The Morgan fingerprint density at radius 2 is 2.60 bits per heavy atom. The SMILES string of the molecule is Cc1nc(CNCC2CCOCO2)cs1. The van der Waals surface area contributed by atoms with E-state index in [0.29, 0.717) is 12.9 Å². The van der Waals surface area contributed by atoms with Crippen molar-refractivity contribution in [2.24, 2.45) is 0 Å². The third-order valence-electron chi connectivity index (χ3n) is 2.32. The van der Waals surface area contributed by atoms with Gasteiger partial charge in [-0.25, -0.2) is 4.98 Å². The molecule has 1 saturated heterocycles. The van der Waals surface area contributed by atoms with Crippen LogP contribution in [0.5, 0.6) is 0 Å². The Balaban J connectivity index is 1.65. The smallest absolute Gasteiger partial charge is 0.147 e. The first-order valence-corrected chi connectivity index (χ1v) is 6.03. The van der Waals surface area contributed by atoms with Gasteiger partial charge in [-0.15, -0.1) is 11.3 Å². The van der Waals surface area contributed by atoms with E-state index in [9.17, 15) is 0 Å². The minimum Gasteiger partial charge on any atom is -0.355 e. The number of nitrogens with zero attached hydrogens (tertiary/aromatic N) is 1. The fourth-order valence-corrected chi connectivity index (χ4v) is 2.13. The number of aryl methyl sites for hydroxylation is 1. The van der Waals surface area contributed by atoms with E-state index in [1.165, 1.54) is 0 Å². The Hall–Kier alpha value is -0.490. The van der Waals surface area contributed by atoms with Crippen LogP contribution in [0, 0.1) is 6.92 Å². The summed E-state index contributed by atoms with van der Waals surface area (Å²) in [6, 6.07) is 0. The van der Waals surface area contributed by atoms with Gasteiger partial charge >= 0.3 is 0 Å². The summed E-state index contributed by atoms with van der Waals surface area (Å²) in [5.74, 6) is 0. The molecular weight excluding hydrogens is 212 g/mol. The Morgan fingerprint density at radius 3 is 3.27 bits per heavy atom. The van der Waals surface area contributed by atoms with Gasteiger partial charge in [0.15, 0.2) is 0 Å². The molecule has 1 N–H and O–H groups in total. The van der Waals surface area contributed by atoms with E-state index >= 15 is 0 Å². The van der Waals surface area contributed by atoms with Crippen LogP contribution in [-0.4, -0.2) is 31.0 Å². The quantitative estimate of drug-likeness (QED) is 0.843. The second kappa shape index (κ2) is 5.55. The number of hydrogen-bond donors (Lipinski definition) is 1. The topological polar surface area (TPSA) is 43.4 Å². The molecule has 15 heavy (non-hydrogen) atoms. The predicted octanol–water partition coefficient (Wildman–Crippen LogP) is 1.30. The van der Waals surface area contributed by atoms with E-state index in [4.69, 9.17) is 9.47 Å².